The first-order valence-electron chi connectivity index (χ1n) is 20.2. The molecule has 1 aliphatic rings. The van der Waals surface area contributed by atoms with Crippen LogP contribution in [-0.2, 0) is 16.1 Å². The summed E-state index contributed by atoms with van der Waals surface area (Å²) in [5.41, 5.74) is 0.868. The summed E-state index contributed by atoms with van der Waals surface area (Å²) in [5, 5.41) is 9.19. The molecule has 49 heavy (non-hydrogen) atoms. The third-order valence-electron chi connectivity index (χ3n) is 10.3. The van der Waals surface area contributed by atoms with Crippen LogP contribution in [0.1, 0.15) is 137 Å². The van der Waals surface area contributed by atoms with Crippen molar-refractivity contribution < 1.29 is 28.8 Å². The van der Waals surface area contributed by atoms with Gasteiger partial charge in [0.1, 0.15) is 6.61 Å². The number of hydrogen-bond acceptors (Lipinski definition) is 8. The zero-order valence-electron chi connectivity index (χ0n) is 32.4. The summed E-state index contributed by atoms with van der Waals surface area (Å²) in [4.78, 5) is 17.6. The van der Waals surface area contributed by atoms with Crippen LogP contribution in [-0.4, -0.2) is 86.6 Å². The maximum atomic E-state index is 12.9. The number of carbonyl (C=O) groups excluding carboxylic acids is 1. The summed E-state index contributed by atoms with van der Waals surface area (Å²) in [7, 11) is 0. The van der Waals surface area contributed by atoms with Crippen LogP contribution in [0.15, 0.2) is 12.1 Å². The number of unbranched alkanes of at least 4 members (excludes halogenated alkanes) is 3. The molecular formula is C41H74N2O6. The van der Waals surface area contributed by atoms with Gasteiger partial charge in [0.05, 0.1) is 26.4 Å². The first-order chi connectivity index (χ1) is 23.9. The lowest BCUT2D eigenvalue weighted by molar-refractivity contribution is -0.145. The van der Waals surface area contributed by atoms with Gasteiger partial charge in [0, 0.05) is 39.1 Å². The van der Waals surface area contributed by atoms with Gasteiger partial charge in [-0.3, -0.25) is 9.69 Å². The van der Waals surface area contributed by atoms with Crippen LogP contribution in [0.5, 0.6) is 17.2 Å². The Kier molecular flexibility index (Phi) is 23.5. The molecule has 1 aromatic carbocycles. The number of piperazine rings is 1. The van der Waals surface area contributed by atoms with E-state index < -0.39 is 0 Å². The predicted molar refractivity (Wildman–Crippen MR) is 202 cm³/mol. The van der Waals surface area contributed by atoms with E-state index in [1.54, 1.807) is 0 Å². The van der Waals surface area contributed by atoms with E-state index in [4.69, 9.17) is 18.9 Å². The normalized spacial score (nSPS) is 15.9. The molecule has 0 bridgehead atoms. The number of aliphatic hydroxyl groups excluding tert-OH is 1. The Bertz CT molecular complexity index is 942. The number of nitrogens with zero attached hydrogens (tertiary/aromatic N) is 2. The zero-order valence-corrected chi connectivity index (χ0v) is 32.4. The Morgan fingerprint density at radius 1 is 0.673 bits per heavy atom. The van der Waals surface area contributed by atoms with E-state index in [0.717, 1.165) is 89.8 Å². The molecule has 2 rings (SSSR count). The zero-order chi connectivity index (χ0) is 35.7. The number of esters is 1. The number of β-amino-alcohol motifs (C(OH)–C–C–N with tert-alkyl or cyclic N) is 1. The monoisotopic (exact) mass is 691 g/mol. The van der Waals surface area contributed by atoms with Crippen molar-refractivity contribution in [3.63, 3.8) is 0 Å². The first-order valence-corrected chi connectivity index (χ1v) is 20.2. The molecule has 284 valence electrons. The van der Waals surface area contributed by atoms with Crippen molar-refractivity contribution >= 4 is 5.97 Å². The molecule has 1 heterocycles. The number of carbonyl (C=O) groups is 1. The van der Waals surface area contributed by atoms with Gasteiger partial charge in [-0.05, 0) is 67.7 Å². The van der Waals surface area contributed by atoms with Gasteiger partial charge >= 0.3 is 5.97 Å². The minimum atomic E-state index is -0.179. The molecule has 0 radical (unpaired) electrons. The Hall–Kier alpha value is -2.03. The van der Waals surface area contributed by atoms with Crippen LogP contribution in [0, 0.1) is 17.8 Å². The van der Waals surface area contributed by atoms with Crippen molar-refractivity contribution in [3.05, 3.63) is 17.7 Å². The fourth-order valence-electron chi connectivity index (χ4n) is 6.44. The summed E-state index contributed by atoms with van der Waals surface area (Å²) in [6.45, 7) is 21.2. The van der Waals surface area contributed by atoms with E-state index in [-0.39, 0.29) is 19.2 Å². The highest BCUT2D eigenvalue weighted by Gasteiger charge is 2.21. The molecule has 1 N–H and O–H groups in total. The minimum absolute atomic E-state index is 0.179. The molecule has 0 aliphatic carbocycles. The second kappa shape index (κ2) is 26.7. The van der Waals surface area contributed by atoms with E-state index in [1.165, 1.54) is 38.5 Å². The molecule has 8 heteroatoms. The Morgan fingerprint density at radius 3 is 1.55 bits per heavy atom. The number of aliphatic hydroxyl groups is 1. The van der Waals surface area contributed by atoms with Gasteiger partial charge in [-0.25, -0.2) is 0 Å². The fourth-order valence-corrected chi connectivity index (χ4v) is 6.44. The number of rotatable bonds is 29. The smallest absolute Gasteiger partial charge is 0.306 e. The number of ether oxygens (including phenoxy) is 4. The van der Waals surface area contributed by atoms with Gasteiger partial charge in [0.15, 0.2) is 11.5 Å². The Morgan fingerprint density at radius 2 is 1.12 bits per heavy atom. The van der Waals surface area contributed by atoms with Crippen molar-refractivity contribution in [3.8, 4) is 17.2 Å². The van der Waals surface area contributed by atoms with Crippen molar-refractivity contribution in [2.24, 2.45) is 17.8 Å². The Balaban J connectivity index is 2.21. The average molecular weight is 691 g/mol. The van der Waals surface area contributed by atoms with E-state index >= 15 is 0 Å². The molecule has 1 aromatic rings. The summed E-state index contributed by atoms with van der Waals surface area (Å²) in [5.74, 6) is 3.34. The molecular weight excluding hydrogens is 616 g/mol. The van der Waals surface area contributed by atoms with Gasteiger partial charge in [-0.2, -0.15) is 0 Å². The summed E-state index contributed by atoms with van der Waals surface area (Å²) in [6.07, 6.45) is 15.0. The molecule has 1 fully saturated rings. The maximum Gasteiger partial charge on any atom is 0.306 e. The first kappa shape index (κ1) is 43.1. The van der Waals surface area contributed by atoms with Crippen molar-refractivity contribution in [1.29, 1.82) is 0 Å². The van der Waals surface area contributed by atoms with Crippen LogP contribution in [0.25, 0.3) is 0 Å². The lowest BCUT2D eigenvalue weighted by Crippen LogP contribution is -2.47. The third-order valence-corrected chi connectivity index (χ3v) is 10.3. The van der Waals surface area contributed by atoms with Gasteiger partial charge < -0.3 is 29.0 Å². The van der Waals surface area contributed by atoms with E-state index in [1.807, 2.05) is 12.1 Å². The SMILES string of the molecule is CCCCC(CC)COc1cc(COC(=O)CCCN2CCN(CCO)CC2)cc(OCC(CC)CCCC)c1OCC(CC)CCCC. The summed E-state index contributed by atoms with van der Waals surface area (Å²) >= 11 is 0. The van der Waals surface area contributed by atoms with E-state index in [9.17, 15) is 9.90 Å². The minimum Gasteiger partial charge on any atom is -0.489 e. The van der Waals surface area contributed by atoms with Crippen molar-refractivity contribution in [2.45, 2.75) is 138 Å². The molecule has 3 atom stereocenters. The molecule has 0 saturated carbocycles. The van der Waals surface area contributed by atoms with Crippen molar-refractivity contribution in [2.75, 3.05) is 65.7 Å². The average Bonchev–Trinajstić information content (AvgIpc) is 3.12. The van der Waals surface area contributed by atoms with Crippen molar-refractivity contribution in [1.82, 2.24) is 9.80 Å². The quantitative estimate of drug-likeness (QED) is 0.0836. The highest BCUT2D eigenvalue weighted by molar-refractivity contribution is 5.69. The second-order valence-corrected chi connectivity index (χ2v) is 14.3. The van der Waals surface area contributed by atoms with Gasteiger partial charge in [0.2, 0.25) is 5.75 Å². The lowest BCUT2D eigenvalue weighted by Gasteiger charge is -2.34. The van der Waals surface area contributed by atoms with Crippen LogP contribution >= 0.6 is 0 Å². The van der Waals surface area contributed by atoms with Gasteiger partial charge in [0.25, 0.3) is 0 Å². The number of benzene rings is 1. The molecule has 0 amide bonds. The largest absolute Gasteiger partial charge is 0.489 e. The topological polar surface area (TPSA) is 80.7 Å². The number of hydrogen-bond donors (Lipinski definition) is 1. The fraction of sp³-hybridized carbons (Fsp3) is 0.829. The third kappa shape index (κ3) is 17.6. The van der Waals surface area contributed by atoms with E-state index in [0.29, 0.717) is 61.2 Å². The predicted octanol–water partition coefficient (Wildman–Crippen LogP) is 8.91. The standard InChI is InChI=1S/C41H74N2O6/c1-7-13-17-34(10-4)30-46-38-28-37(33-48-40(45)20-16-21-42-22-24-43(25-23-42)26-27-44)29-39(47-31-35(11-5)18-14-8-2)41(38)49-32-36(12-6)19-15-9-3/h28-29,34-36,44H,7-27,30-33H2,1-6H3. The van der Waals surface area contributed by atoms with Crippen LogP contribution in [0.3, 0.4) is 0 Å². The summed E-state index contributed by atoms with van der Waals surface area (Å²) < 4.78 is 25.7. The maximum absolute atomic E-state index is 12.9. The van der Waals surface area contributed by atoms with Crippen LogP contribution in [0.4, 0.5) is 0 Å². The lowest BCUT2D eigenvalue weighted by atomic mass is 10.00. The molecule has 1 saturated heterocycles. The second-order valence-electron chi connectivity index (χ2n) is 14.3. The van der Waals surface area contributed by atoms with Crippen LogP contribution in [0.2, 0.25) is 0 Å². The molecule has 0 aromatic heterocycles. The van der Waals surface area contributed by atoms with E-state index in [2.05, 4.69) is 51.3 Å². The summed E-state index contributed by atoms with van der Waals surface area (Å²) in [6, 6.07) is 4.02. The molecule has 0 spiro atoms. The molecule has 1 aliphatic heterocycles. The highest BCUT2D eigenvalue weighted by atomic mass is 16.5. The molecule has 8 nitrogen and oxygen atoms in total. The van der Waals surface area contributed by atoms with Gasteiger partial charge in [-0.15, -0.1) is 0 Å². The molecule has 3 unspecified atom stereocenters. The highest BCUT2D eigenvalue weighted by Crippen LogP contribution is 2.41. The van der Waals surface area contributed by atoms with Crippen LogP contribution < -0.4 is 14.2 Å². The van der Waals surface area contributed by atoms with Gasteiger partial charge in [-0.1, -0.05) is 99.3 Å². The Labute approximate surface area is 300 Å².